The molecule has 1 fully saturated rings. The number of carbonyl (C=O) groups is 1. The number of morpholine rings is 1. The average Bonchev–Trinajstić information content (AvgIpc) is 3.29. The van der Waals surface area contributed by atoms with Gasteiger partial charge in [-0.25, -0.2) is 14.8 Å². The van der Waals surface area contributed by atoms with Gasteiger partial charge in [0, 0.05) is 30.8 Å². The van der Waals surface area contributed by atoms with Crippen molar-refractivity contribution in [3.05, 3.63) is 41.3 Å². The summed E-state index contributed by atoms with van der Waals surface area (Å²) < 4.78 is 22.2. The van der Waals surface area contributed by atoms with E-state index in [9.17, 15) is 9.90 Å². The Bertz CT molecular complexity index is 1280. The Morgan fingerprint density at radius 2 is 2.10 bits per heavy atom. The summed E-state index contributed by atoms with van der Waals surface area (Å²) in [6, 6.07) is 7.20. The van der Waals surface area contributed by atoms with E-state index in [0.717, 1.165) is 22.4 Å². The molecule has 40 heavy (non-hydrogen) atoms. The van der Waals surface area contributed by atoms with E-state index < -0.39 is 6.10 Å². The molecule has 4 rings (SSSR count). The van der Waals surface area contributed by atoms with E-state index in [1.165, 1.54) is 0 Å². The Hall–Kier alpha value is -3.74. The van der Waals surface area contributed by atoms with Crippen LogP contribution in [0.1, 0.15) is 23.9 Å². The van der Waals surface area contributed by atoms with Crippen LogP contribution in [-0.4, -0.2) is 96.5 Å². The smallest absolute Gasteiger partial charge is 0.410 e. The Labute approximate surface area is 234 Å². The molecule has 1 saturated heterocycles. The van der Waals surface area contributed by atoms with Crippen LogP contribution in [-0.2, 0) is 9.47 Å². The highest BCUT2D eigenvalue weighted by Gasteiger charge is 2.29. The van der Waals surface area contributed by atoms with Crippen molar-refractivity contribution in [3.8, 4) is 28.4 Å². The fraction of sp³-hybridized carbons (Fsp3) is 0.500. The maximum absolute atomic E-state index is 12.5. The van der Waals surface area contributed by atoms with Gasteiger partial charge >= 0.3 is 6.09 Å². The predicted molar refractivity (Wildman–Crippen MR) is 149 cm³/mol. The van der Waals surface area contributed by atoms with E-state index in [0.29, 0.717) is 68.3 Å². The van der Waals surface area contributed by atoms with Crippen LogP contribution in [0.2, 0.25) is 0 Å². The van der Waals surface area contributed by atoms with Gasteiger partial charge in [0.1, 0.15) is 30.0 Å². The lowest BCUT2D eigenvalue weighted by Crippen LogP contribution is -2.52. The topological polar surface area (TPSA) is 144 Å². The third-order valence-electron chi connectivity index (χ3n) is 6.63. The van der Waals surface area contributed by atoms with Crippen molar-refractivity contribution in [2.75, 3.05) is 58.4 Å². The van der Waals surface area contributed by atoms with Crippen LogP contribution in [0.5, 0.6) is 5.75 Å². The standard InChI is InChI=1S/C28H38N6O6/c1-6-38-28(36)34-10-11-37-15-21(34)13-30-26-17(2)25(24-18(3)33-40-19(24)4)31-27(32-26)20-8-7-9-23(12-20)39-16-22(35)14-29-5/h7-9,12,21-22,29,35H,6,10-11,13-16H2,1-5H3,(H,30,31,32)/t21-,22?/m0/s1. The molecule has 2 atom stereocenters. The number of likely N-dealkylation sites (N-methyl/N-ethyl adjacent to an activating group) is 1. The van der Waals surface area contributed by atoms with Crippen molar-refractivity contribution in [2.24, 2.45) is 0 Å². The van der Waals surface area contributed by atoms with Crippen LogP contribution in [0.15, 0.2) is 28.8 Å². The minimum Gasteiger partial charge on any atom is -0.491 e. The van der Waals surface area contributed by atoms with E-state index >= 15 is 0 Å². The number of rotatable bonds is 11. The number of aliphatic hydroxyl groups excluding tert-OH is 1. The molecule has 216 valence electrons. The molecule has 3 aromatic rings. The van der Waals surface area contributed by atoms with Crippen molar-refractivity contribution in [1.82, 2.24) is 25.3 Å². The minimum atomic E-state index is -0.635. The lowest BCUT2D eigenvalue weighted by molar-refractivity contribution is -0.00379. The zero-order chi connectivity index (χ0) is 28.6. The Kier molecular flexibility index (Phi) is 9.91. The SMILES string of the molecule is CCOC(=O)N1CCOC[C@@H]1CNc1nc(-c2cccc(OCC(O)CNC)c2)nc(-c2c(C)noc2C)c1C. The highest BCUT2D eigenvalue weighted by atomic mass is 16.6. The molecule has 1 aliphatic heterocycles. The molecule has 1 amide bonds. The van der Waals surface area contributed by atoms with Crippen LogP contribution in [0.25, 0.3) is 22.6 Å². The third kappa shape index (κ3) is 6.87. The zero-order valence-electron chi connectivity index (χ0n) is 23.7. The Morgan fingerprint density at radius 1 is 1.27 bits per heavy atom. The molecule has 1 unspecified atom stereocenters. The van der Waals surface area contributed by atoms with Gasteiger partial charge in [-0.2, -0.15) is 0 Å². The maximum atomic E-state index is 12.5. The van der Waals surface area contributed by atoms with Crippen LogP contribution in [0, 0.1) is 20.8 Å². The summed E-state index contributed by atoms with van der Waals surface area (Å²) in [6.45, 7) is 10.1. The molecule has 12 heteroatoms. The first-order valence-corrected chi connectivity index (χ1v) is 13.4. The summed E-state index contributed by atoms with van der Waals surface area (Å²) in [5.74, 6) is 2.34. The largest absolute Gasteiger partial charge is 0.491 e. The maximum Gasteiger partial charge on any atom is 0.410 e. The molecular formula is C28H38N6O6. The number of aliphatic hydroxyl groups is 1. The molecule has 3 N–H and O–H groups in total. The summed E-state index contributed by atoms with van der Waals surface area (Å²) in [5, 5.41) is 20.5. The molecule has 0 spiro atoms. The van der Waals surface area contributed by atoms with Gasteiger partial charge in [0.2, 0.25) is 0 Å². The number of aromatic nitrogens is 3. The first-order valence-electron chi connectivity index (χ1n) is 13.4. The summed E-state index contributed by atoms with van der Waals surface area (Å²) in [4.78, 5) is 24.0. The van der Waals surface area contributed by atoms with E-state index in [1.807, 2.05) is 45.0 Å². The summed E-state index contributed by atoms with van der Waals surface area (Å²) in [7, 11) is 1.77. The van der Waals surface area contributed by atoms with Crippen LogP contribution in [0.3, 0.4) is 0 Å². The van der Waals surface area contributed by atoms with Crippen LogP contribution in [0.4, 0.5) is 10.6 Å². The first kappa shape index (κ1) is 29.2. The molecule has 12 nitrogen and oxygen atoms in total. The van der Waals surface area contributed by atoms with Crippen molar-refractivity contribution in [2.45, 2.75) is 39.8 Å². The number of benzene rings is 1. The second-order valence-corrected chi connectivity index (χ2v) is 9.62. The molecule has 1 aromatic carbocycles. The number of amides is 1. The van der Waals surface area contributed by atoms with Crippen molar-refractivity contribution >= 4 is 11.9 Å². The van der Waals surface area contributed by atoms with E-state index in [1.54, 1.807) is 18.9 Å². The Morgan fingerprint density at radius 3 is 2.83 bits per heavy atom. The normalized spacial score (nSPS) is 16.1. The number of hydrogen-bond donors (Lipinski definition) is 3. The highest BCUT2D eigenvalue weighted by molar-refractivity contribution is 5.74. The van der Waals surface area contributed by atoms with Crippen molar-refractivity contribution in [3.63, 3.8) is 0 Å². The number of hydrogen-bond acceptors (Lipinski definition) is 11. The van der Waals surface area contributed by atoms with Gasteiger partial charge in [-0.05, 0) is 46.9 Å². The van der Waals surface area contributed by atoms with Gasteiger partial charge in [0.25, 0.3) is 0 Å². The molecule has 0 bridgehead atoms. The lowest BCUT2D eigenvalue weighted by atomic mass is 10.0. The second-order valence-electron chi connectivity index (χ2n) is 9.62. The lowest BCUT2D eigenvalue weighted by Gasteiger charge is -2.35. The Balaban J connectivity index is 1.66. The number of nitrogens with zero attached hydrogens (tertiary/aromatic N) is 4. The molecular weight excluding hydrogens is 516 g/mol. The molecule has 3 heterocycles. The van der Waals surface area contributed by atoms with E-state index in [4.69, 9.17) is 28.7 Å². The summed E-state index contributed by atoms with van der Waals surface area (Å²) in [5.41, 5.74) is 3.79. The van der Waals surface area contributed by atoms with Gasteiger partial charge in [-0.15, -0.1) is 0 Å². The van der Waals surface area contributed by atoms with Gasteiger partial charge in [-0.1, -0.05) is 17.3 Å². The number of aryl methyl sites for hydroxylation is 2. The molecule has 1 aliphatic rings. The third-order valence-corrected chi connectivity index (χ3v) is 6.63. The molecule has 2 aromatic heterocycles. The monoisotopic (exact) mass is 554 g/mol. The number of nitrogens with one attached hydrogen (secondary N) is 2. The number of ether oxygens (including phenoxy) is 3. The molecule has 0 saturated carbocycles. The van der Waals surface area contributed by atoms with Gasteiger partial charge < -0.3 is 34.5 Å². The fourth-order valence-corrected chi connectivity index (χ4v) is 4.58. The summed E-state index contributed by atoms with van der Waals surface area (Å²) in [6.07, 6.45) is -0.991. The zero-order valence-corrected chi connectivity index (χ0v) is 23.7. The second kappa shape index (κ2) is 13.6. The predicted octanol–water partition coefficient (Wildman–Crippen LogP) is 2.95. The highest BCUT2D eigenvalue weighted by Crippen LogP contribution is 2.33. The van der Waals surface area contributed by atoms with Crippen molar-refractivity contribution < 1.29 is 28.6 Å². The van der Waals surface area contributed by atoms with Crippen LogP contribution < -0.4 is 15.4 Å². The first-order chi connectivity index (χ1) is 19.3. The summed E-state index contributed by atoms with van der Waals surface area (Å²) >= 11 is 0. The average molecular weight is 555 g/mol. The van der Waals surface area contributed by atoms with Gasteiger partial charge in [-0.3, -0.25) is 4.90 Å². The van der Waals surface area contributed by atoms with Crippen molar-refractivity contribution in [1.29, 1.82) is 0 Å². The van der Waals surface area contributed by atoms with Gasteiger partial charge in [0.05, 0.1) is 42.8 Å². The van der Waals surface area contributed by atoms with Gasteiger partial charge in [0.15, 0.2) is 5.82 Å². The number of anilines is 1. The van der Waals surface area contributed by atoms with E-state index in [2.05, 4.69) is 15.8 Å². The van der Waals surface area contributed by atoms with Crippen LogP contribution >= 0.6 is 0 Å². The fourth-order valence-electron chi connectivity index (χ4n) is 4.58. The molecule has 0 aliphatic carbocycles. The number of carbonyl (C=O) groups excluding carboxylic acids is 1. The molecule has 0 radical (unpaired) electrons. The van der Waals surface area contributed by atoms with E-state index in [-0.39, 0.29) is 18.7 Å². The minimum absolute atomic E-state index is 0.149. The quantitative estimate of drug-likeness (QED) is 0.322.